The van der Waals surface area contributed by atoms with E-state index >= 15 is 0 Å². The number of nitrogens with zero attached hydrogens (tertiary/aromatic N) is 2. The third kappa shape index (κ3) is 5.20. The van der Waals surface area contributed by atoms with Gasteiger partial charge in [-0.15, -0.1) is 0 Å². The Kier molecular flexibility index (Phi) is 6.62. The fourth-order valence-corrected chi connectivity index (χ4v) is 4.29. The fourth-order valence-electron chi connectivity index (χ4n) is 4.29. The van der Waals surface area contributed by atoms with Crippen molar-refractivity contribution in [2.75, 3.05) is 11.9 Å². The molecule has 0 aromatic heterocycles. The fraction of sp³-hybridized carbons (Fsp3) is 0.172. The van der Waals surface area contributed by atoms with E-state index in [9.17, 15) is 13.6 Å². The molecule has 5 rings (SSSR count). The number of carbonyl (C=O) groups is 1. The quantitative estimate of drug-likeness (QED) is 0.332. The Hall–Kier alpha value is -4.26. The van der Waals surface area contributed by atoms with Crippen LogP contribution in [0.5, 0.6) is 0 Å². The van der Waals surface area contributed by atoms with Crippen LogP contribution in [0.4, 0.5) is 19.3 Å². The Labute approximate surface area is 208 Å². The summed E-state index contributed by atoms with van der Waals surface area (Å²) in [7, 11) is 0. The van der Waals surface area contributed by atoms with Gasteiger partial charge in [-0.3, -0.25) is 0 Å². The molecule has 2 amide bonds. The molecule has 36 heavy (non-hydrogen) atoms. The molecule has 1 unspecified atom stereocenters. The van der Waals surface area contributed by atoms with Gasteiger partial charge < -0.3 is 15.1 Å². The summed E-state index contributed by atoms with van der Waals surface area (Å²) in [4.78, 5) is 20.6. The lowest BCUT2D eigenvalue weighted by molar-refractivity contribution is 0.0606. The predicted octanol–water partition coefficient (Wildman–Crippen LogP) is 6.65. The molecule has 0 radical (unpaired) electrons. The van der Waals surface area contributed by atoms with E-state index in [4.69, 9.17) is 4.84 Å². The van der Waals surface area contributed by atoms with E-state index in [0.29, 0.717) is 12.1 Å². The van der Waals surface area contributed by atoms with E-state index in [1.165, 1.54) is 17.0 Å². The molecule has 7 heteroatoms. The van der Waals surface area contributed by atoms with Gasteiger partial charge in [0.05, 0.1) is 24.5 Å². The van der Waals surface area contributed by atoms with E-state index < -0.39 is 23.8 Å². The van der Waals surface area contributed by atoms with Crippen LogP contribution in [0.3, 0.4) is 0 Å². The van der Waals surface area contributed by atoms with Crippen molar-refractivity contribution < 1.29 is 18.4 Å². The number of anilines is 1. The number of rotatable bonds is 6. The number of nitrogens with one attached hydrogen (secondary N) is 1. The zero-order valence-corrected chi connectivity index (χ0v) is 19.7. The van der Waals surface area contributed by atoms with E-state index in [1.807, 2.05) is 73.7 Å². The molecule has 1 aliphatic rings. The highest BCUT2D eigenvalue weighted by atomic mass is 19.1. The molecule has 4 aromatic rings. The molecular formula is C29H25F2N3O2. The van der Waals surface area contributed by atoms with Gasteiger partial charge >= 0.3 is 6.03 Å². The van der Waals surface area contributed by atoms with Crippen LogP contribution in [-0.4, -0.2) is 29.3 Å². The number of amides is 2. The largest absolute Gasteiger partial charge is 0.390 e. The third-order valence-electron chi connectivity index (χ3n) is 6.24. The van der Waals surface area contributed by atoms with Crippen LogP contribution >= 0.6 is 0 Å². The molecule has 1 N–H and O–H groups in total. The number of urea groups is 1. The number of carbonyl (C=O) groups excluding carboxylic acids is 1. The molecule has 0 saturated heterocycles. The van der Waals surface area contributed by atoms with Crippen molar-refractivity contribution in [2.45, 2.75) is 26.0 Å². The molecular weight excluding hydrogens is 460 g/mol. The standard InChI is InChI=1S/C29H25F2N3O2/c1-19-9-11-21(12-10-19)28-16-24(36-33-28)18-34(17-22-13-14-23(30)15-26(22)31)29(35)32-27-8-4-6-20-5-2-3-7-25(20)27/h2-15,24H,16-18H2,1H3,(H,32,35). The smallest absolute Gasteiger partial charge is 0.322 e. The zero-order valence-electron chi connectivity index (χ0n) is 19.7. The van der Waals surface area contributed by atoms with Gasteiger partial charge in [0.1, 0.15) is 11.6 Å². The molecule has 1 aliphatic heterocycles. The summed E-state index contributed by atoms with van der Waals surface area (Å²) >= 11 is 0. The normalized spacial score (nSPS) is 14.9. The highest BCUT2D eigenvalue weighted by molar-refractivity contribution is 6.02. The Balaban J connectivity index is 1.36. The molecule has 0 saturated carbocycles. The summed E-state index contributed by atoms with van der Waals surface area (Å²) < 4.78 is 28.0. The summed E-state index contributed by atoms with van der Waals surface area (Å²) in [6.45, 7) is 2.13. The first-order valence-corrected chi connectivity index (χ1v) is 11.7. The second-order valence-corrected chi connectivity index (χ2v) is 8.91. The highest BCUT2D eigenvalue weighted by Gasteiger charge is 2.28. The minimum Gasteiger partial charge on any atom is -0.390 e. The lowest BCUT2D eigenvalue weighted by Gasteiger charge is -2.26. The summed E-state index contributed by atoms with van der Waals surface area (Å²) in [5.74, 6) is -1.37. The van der Waals surface area contributed by atoms with Crippen molar-refractivity contribution in [3.8, 4) is 0 Å². The van der Waals surface area contributed by atoms with Gasteiger partial charge in [0, 0.05) is 23.4 Å². The van der Waals surface area contributed by atoms with Crippen molar-refractivity contribution in [1.29, 1.82) is 0 Å². The number of hydrogen-bond donors (Lipinski definition) is 1. The zero-order chi connectivity index (χ0) is 25.1. The maximum atomic E-state index is 14.5. The van der Waals surface area contributed by atoms with Crippen LogP contribution < -0.4 is 5.32 Å². The van der Waals surface area contributed by atoms with E-state index in [0.717, 1.165) is 33.7 Å². The number of fused-ring (bicyclic) bond motifs is 1. The van der Waals surface area contributed by atoms with Crippen molar-refractivity contribution in [2.24, 2.45) is 5.16 Å². The van der Waals surface area contributed by atoms with Crippen LogP contribution in [0.1, 0.15) is 23.1 Å². The first-order chi connectivity index (χ1) is 17.5. The molecule has 182 valence electrons. The Morgan fingerprint density at radius 1 is 1.03 bits per heavy atom. The van der Waals surface area contributed by atoms with Gasteiger partial charge in [-0.25, -0.2) is 13.6 Å². The lowest BCUT2D eigenvalue weighted by Crippen LogP contribution is -2.40. The lowest BCUT2D eigenvalue weighted by atomic mass is 10.0. The number of aryl methyl sites for hydroxylation is 1. The van der Waals surface area contributed by atoms with Gasteiger partial charge in [-0.1, -0.05) is 77.4 Å². The van der Waals surface area contributed by atoms with Gasteiger partial charge in [0.15, 0.2) is 6.10 Å². The van der Waals surface area contributed by atoms with Gasteiger partial charge in [-0.05, 0) is 30.0 Å². The van der Waals surface area contributed by atoms with Crippen LogP contribution in [0.15, 0.2) is 90.1 Å². The van der Waals surface area contributed by atoms with Gasteiger partial charge in [-0.2, -0.15) is 0 Å². The molecule has 1 heterocycles. The number of hydrogen-bond acceptors (Lipinski definition) is 3. The molecule has 0 bridgehead atoms. The highest BCUT2D eigenvalue weighted by Crippen LogP contribution is 2.25. The van der Waals surface area contributed by atoms with Crippen LogP contribution in [-0.2, 0) is 11.4 Å². The molecule has 5 nitrogen and oxygen atoms in total. The molecule has 0 spiro atoms. The van der Waals surface area contributed by atoms with E-state index in [-0.39, 0.29) is 18.7 Å². The average Bonchev–Trinajstić information content (AvgIpc) is 3.34. The molecule has 4 aromatic carbocycles. The van der Waals surface area contributed by atoms with Gasteiger partial charge in [0.2, 0.25) is 0 Å². The number of oxime groups is 1. The van der Waals surface area contributed by atoms with Crippen LogP contribution in [0.25, 0.3) is 10.8 Å². The van der Waals surface area contributed by atoms with Crippen molar-refractivity contribution in [3.05, 3.63) is 113 Å². The monoisotopic (exact) mass is 485 g/mol. The second kappa shape index (κ2) is 10.2. The van der Waals surface area contributed by atoms with E-state index in [1.54, 1.807) is 0 Å². The maximum absolute atomic E-state index is 14.5. The first kappa shape index (κ1) is 23.5. The number of halogens is 2. The summed E-state index contributed by atoms with van der Waals surface area (Å²) in [5, 5.41) is 9.06. The topological polar surface area (TPSA) is 53.9 Å². The first-order valence-electron chi connectivity index (χ1n) is 11.7. The third-order valence-corrected chi connectivity index (χ3v) is 6.24. The van der Waals surface area contributed by atoms with Gasteiger partial charge in [0.25, 0.3) is 0 Å². The summed E-state index contributed by atoms with van der Waals surface area (Å²) in [5.41, 5.74) is 3.75. The van der Waals surface area contributed by atoms with Crippen LogP contribution in [0.2, 0.25) is 0 Å². The minimum absolute atomic E-state index is 0.0531. The Bertz CT molecular complexity index is 1430. The van der Waals surface area contributed by atoms with Crippen molar-refractivity contribution in [1.82, 2.24) is 4.90 Å². The summed E-state index contributed by atoms with van der Waals surface area (Å²) in [6, 6.07) is 24.3. The predicted molar refractivity (Wildman–Crippen MR) is 137 cm³/mol. The van der Waals surface area contributed by atoms with Crippen LogP contribution in [0, 0.1) is 18.6 Å². The maximum Gasteiger partial charge on any atom is 0.322 e. The minimum atomic E-state index is -0.707. The summed E-state index contributed by atoms with van der Waals surface area (Å²) in [6.07, 6.45) is 0.107. The van der Waals surface area contributed by atoms with Crippen molar-refractivity contribution in [3.63, 3.8) is 0 Å². The molecule has 1 atom stereocenters. The van der Waals surface area contributed by atoms with Crippen molar-refractivity contribution >= 4 is 28.2 Å². The SMILES string of the molecule is Cc1ccc(C2=NOC(CN(Cc3ccc(F)cc3F)C(=O)Nc3cccc4ccccc34)C2)cc1. The number of benzene rings is 4. The molecule has 0 fully saturated rings. The second-order valence-electron chi connectivity index (χ2n) is 8.91. The Morgan fingerprint density at radius 3 is 2.61 bits per heavy atom. The average molecular weight is 486 g/mol. The Morgan fingerprint density at radius 2 is 1.81 bits per heavy atom. The van der Waals surface area contributed by atoms with E-state index in [2.05, 4.69) is 10.5 Å². The molecule has 0 aliphatic carbocycles.